The number of hydrogen-bond acceptors (Lipinski definition) is 3. The van der Waals surface area contributed by atoms with Crippen molar-refractivity contribution >= 4 is 41.5 Å². The van der Waals surface area contributed by atoms with Crippen LogP contribution in [0.25, 0.3) is 0 Å². The van der Waals surface area contributed by atoms with Crippen molar-refractivity contribution < 1.29 is 9.47 Å². The molecule has 0 bridgehead atoms. The average Bonchev–Trinajstić information content (AvgIpc) is 2.64. The Kier molecular flexibility index (Phi) is 10.2. The van der Waals surface area contributed by atoms with Crippen molar-refractivity contribution in [3.05, 3.63) is 58.6 Å². The van der Waals surface area contributed by atoms with E-state index in [1.807, 2.05) is 49.4 Å². The summed E-state index contributed by atoms with van der Waals surface area (Å²) >= 11 is 5.90. The van der Waals surface area contributed by atoms with Gasteiger partial charge in [-0.2, -0.15) is 0 Å². The normalized spacial score (nSPS) is 10.7. The molecule has 2 rings (SSSR count). The summed E-state index contributed by atoms with van der Waals surface area (Å²) < 4.78 is 10.9. The third kappa shape index (κ3) is 6.92. The molecule has 0 atom stereocenters. The Balaban J connectivity index is 0.00000338. The van der Waals surface area contributed by atoms with Gasteiger partial charge in [0.25, 0.3) is 0 Å². The molecule has 0 saturated carbocycles. The quantitative estimate of drug-likeness (QED) is 0.347. The number of nitrogens with zero attached hydrogens (tertiary/aromatic N) is 1. The minimum atomic E-state index is 0. The largest absolute Gasteiger partial charge is 0.493 e. The Labute approximate surface area is 177 Å². The summed E-state index contributed by atoms with van der Waals surface area (Å²) in [6.07, 6.45) is 0. The van der Waals surface area contributed by atoms with Crippen LogP contribution in [0.5, 0.6) is 11.5 Å². The summed E-state index contributed by atoms with van der Waals surface area (Å²) in [5, 5.41) is 7.30. The molecule has 2 N–H and O–H groups in total. The molecule has 0 unspecified atom stereocenters. The van der Waals surface area contributed by atoms with E-state index in [1.165, 1.54) is 0 Å². The molecule has 0 fully saturated rings. The standard InChI is InChI=1S/C19H24ClN3O2.HI/c1-4-25-18-11-15(7-10-17(18)24-3)13-23-19(21-2)22-12-14-5-8-16(20)9-6-14;/h5-11H,4,12-13H2,1-3H3,(H2,21,22,23);1H. The number of ether oxygens (including phenoxy) is 2. The Morgan fingerprint density at radius 1 is 1.00 bits per heavy atom. The predicted molar refractivity (Wildman–Crippen MR) is 118 cm³/mol. The van der Waals surface area contributed by atoms with Crippen molar-refractivity contribution in [2.75, 3.05) is 20.8 Å². The summed E-state index contributed by atoms with van der Waals surface area (Å²) in [5.74, 6) is 2.20. The Hall–Kier alpha value is -1.67. The van der Waals surface area contributed by atoms with Gasteiger partial charge in [-0.25, -0.2) is 0 Å². The van der Waals surface area contributed by atoms with Crippen LogP contribution in [0, 0.1) is 0 Å². The van der Waals surface area contributed by atoms with Gasteiger partial charge in [0, 0.05) is 25.2 Å². The van der Waals surface area contributed by atoms with E-state index >= 15 is 0 Å². The van der Waals surface area contributed by atoms with Gasteiger partial charge in [-0.3, -0.25) is 4.99 Å². The summed E-state index contributed by atoms with van der Waals surface area (Å²) in [5.41, 5.74) is 2.22. The van der Waals surface area contributed by atoms with Crippen LogP contribution in [0.4, 0.5) is 0 Å². The molecule has 0 radical (unpaired) electrons. The Morgan fingerprint density at radius 3 is 2.19 bits per heavy atom. The summed E-state index contributed by atoms with van der Waals surface area (Å²) in [6.45, 7) is 3.85. The van der Waals surface area contributed by atoms with Gasteiger partial charge in [0.1, 0.15) is 0 Å². The van der Waals surface area contributed by atoms with Crippen LogP contribution in [0.2, 0.25) is 5.02 Å². The molecular formula is C19H25ClIN3O2. The van der Waals surface area contributed by atoms with E-state index in [-0.39, 0.29) is 24.0 Å². The maximum atomic E-state index is 5.90. The molecule has 0 amide bonds. The molecular weight excluding hydrogens is 465 g/mol. The van der Waals surface area contributed by atoms with Gasteiger partial charge >= 0.3 is 0 Å². The monoisotopic (exact) mass is 489 g/mol. The molecule has 2 aromatic rings. The highest BCUT2D eigenvalue weighted by Gasteiger charge is 2.06. The number of aliphatic imine (C=N–C) groups is 1. The average molecular weight is 490 g/mol. The molecule has 0 aromatic heterocycles. The lowest BCUT2D eigenvalue weighted by Gasteiger charge is -2.14. The van der Waals surface area contributed by atoms with Crippen molar-refractivity contribution in [1.82, 2.24) is 10.6 Å². The van der Waals surface area contributed by atoms with E-state index in [2.05, 4.69) is 15.6 Å². The number of benzene rings is 2. The third-order valence-corrected chi connectivity index (χ3v) is 3.84. The van der Waals surface area contributed by atoms with E-state index < -0.39 is 0 Å². The highest BCUT2D eigenvalue weighted by Crippen LogP contribution is 2.27. The SMILES string of the molecule is CCOc1cc(CNC(=NC)NCc2ccc(Cl)cc2)ccc1OC.I. The van der Waals surface area contributed by atoms with Crippen molar-refractivity contribution in [3.8, 4) is 11.5 Å². The minimum Gasteiger partial charge on any atom is -0.493 e. The van der Waals surface area contributed by atoms with Crippen molar-refractivity contribution in [3.63, 3.8) is 0 Å². The fraction of sp³-hybridized carbons (Fsp3) is 0.316. The zero-order valence-electron chi connectivity index (χ0n) is 15.2. The lowest BCUT2D eigenvalue weighted by Crippen LogP contribution is -2.36. The van der Waals surface area contributed by atoms with Gasteiger partial charge in [-0.05, 0) is 42.3 Å². The first-order valence-electron chi connectivity index (χ1n) is 8.15. The second kappa shape index (κ2) is 11.9. The van der Waals surface area contributed by atoms with Gasteiger partial charge in [0.2, 0.25) is 0 Å². The molecule has 0 saturated heterocycles. The van der Waals surface area contributed by atoms with E-state index in [0.717, 1.165) is 33.6 Å². The number of halogens is 2. The molecule has 7 heteroatoms. The van der Waals surface area contributed by atoms with Gasteiger partial charge in [-0.1, -0.05) is 29.8 Å². The maximum Gasteiger partial charge on any atom is 0.191 e. The zero-order valence-corrected chi connectivity index (χ0v) is 18.3. The molecule has 26 heavy (non-hydrogen) atoms. The third-order valence-electron chi connectivity index (χ3n) is 3.58. The zero-order chi connectivity index (χ0) is 18.1. The maximum absolute atomic E-state index is 5.90. The first kappa shape index (κ1) is 22.4. The van der Waals surface area contributed by atoms with Crippen molar-refractivity contribution in [2.45, 2.75) is 20.0 Å². The molecule has 0 heterocycles. The van der Waals surface area contributed by atoms with Crippen LogP contribution in [0.1, 0.15) is 18.1 Å². The van der Waals surface area contributed by atoms with Gasteiger partial charge in [0.15, 0.2) is 17.5 Å². The summed E-state index contributed by atoms with van der Waals surface area (Å²) in [4.78, 5) is 4.24. The van der Waals surface area contributed by atoms with E-state index in [1.54, 1.807) is 14.2 Å². The molecule has 0 aliphatic rings. The fourth-order valence-corrected chi connectivity index (χ4v) is 2.42. The topological polar surface area (TPSA) is 54.9 Å². The van der Waals surface area contributed by atoms with E-state index in [0.29, 0.717) is 19.7 Å². The summed E-state index contributed by atoms with van der Waals surface area (Å²) in [7, 11) is 3.38. The molecule has 2 aromatic carbocycles. The molecule has 0 spiro atoms. The van der Waals surface area contributed by atoms with Gasteiger partial charge in [-0.15, -0.1) is 24.0 Å². The predicted octanol–water partition coefficient (Wildman–Crippen LogP) is 4.23. The Morgan fingerprint density at radius 2 is 1.62 bits per heavy atom. The molecule has 0 aliphatic heterocycles. The first-order valence-corrected chi connectivity index (χ1v) is 8.52. The van der Waals surface area contributed by atoms with Crippen LogP contribution in [-0.2, 0) is 13.1 Å². The molecule has 142 valence electrons. The van der Waals surface area contributed by atoms with Crippen LogP contribution in [0.3, 0.4) is 0 Å². The second-order valence-electron chi connectivity index (χ2n) is 5.32. The highest BCUT2D eigenvalue weighted by atomic mass is 127. The number of guanidine groups is 1. The van der Waals surface area contributed by atoms with E-state index in [4.69, 9.17) is 21.1 Å². The van der Waals surface area contributed by atoms with Crippen molar-refractivity contribution in [2.24, 2.45) is 4.99 Å². The molecule has 0 aliphatic carbocycles. The first-order chi connectivity index (χ1) is 12.2. The van der Waals surface area contributed by atoms with Crippen molar-refractivity contribution in [1.29, 1.82) is 0 Å². The number of hydrogen-bond donors (Lipinski definition) is 2. The number of methoxy groups -OCH3 is 1. The van der Waals surface area contributed by atoms with Crippen LogP contribution < -0.4 is 20.1 Å². The van der Waals surface area contributed by atoms with E-state index in [9.17, 15) is 0 Å². The van der Waals surface area contributed by atoms with Crippen LogP contribution in [0.15, 0.2) is 47.5 Å². The number of nitrogens with one attached hydrogen (secondary N) is 2. The minimum absolute atomic E-state index is 0. The van der Waals surface area contributed by atoms with Crippen LogP contribution >= 0.6 is 35.6 Å². The lowest BCUT2D eigenvalue weighted by atomic mass is 10.2. The smallest absolute Gasteiger partial charge is 0.191 e. The fourth-order valence-electron chi connectivity index (χ4n) is 2.29. The highest BCUT2D eigenvalue weighted by molar-refractivity contribution is 14.0. The molecule has 5 nitrogen and oxygen atoms in total. The van der Waals surface area contributed by atoms with Crippen LogP contribution in [-0.4, -0.2) is 26.7 Å². The Bertz CT molecular complexity index is 708. The van der Waals surface area contributed by atoms with Gasteiger partial charge in [0.05, 0.1) is 13.7 Å². The summed E-state index contributed by atoms with van der Waals surface area (Å²) in [6, 6.07) is 13.6. The van der Waals surface area contributed by atoms with Gasteiger partial charge < -0.3 is 20.1 Å². The number of rotatable bonds is 7. The second-order valence-corrected chi connectivity index (χ2v) is 5.76. The lowest BCUT2D eigenvalue weighted by molar-refractivity contribution is 0.310.